The van der Waals surface area contributed by atoms with Crippen LogP contribution in [-0.2, 0) is 13.6 Å². The van der Waals surface area contributed by atoms with Crippen LogP contribution in [0.25, 0.3) is 0 Å². The Morgan fingerprint density at radius 1 is 1.06 bits per heavy atom. The summed E-state index contributed by atoms with van der Waals surface area (Å²) in [6.07, 6.45) is 9.56. The van der Waals surface area contributed by atoms with E-state index in [1.165, 1.54) is 19.3 Å². The molecule has 0 aromatic rings. The first-order valence-electron chi connectivity index (χ1n) is 13.1. The molecular formula is C28H54O3Si2. The summed E-state index contributed by atoms with van der Waals surface area (Å²) in [6, 6.07) is 0. The Kier molecular flexibility index (Phi) is 10.6. The summed E-state index contributed by atoms with van der Waals surface area (Å²) < 4.78 is 13.6. The fraction of sp³-hybridized carbons (Fsp3) is 0.821. The fourth-order valence-corrected chi connectivity index (χ4v) is 6.42. The van der Waals surface area contributed by atoms with Crippen molar-refractivity contribution in [2.24, 2.45) is 11.8 Å². The largest absolute Gasteiger partial charge is 0.413 e. The van der Waals surface area contributed by atoms with E-state index in [1.54, 1.807) is 0 Å². The second-order valence-corrected chi connectivity index (χ2v) is 22.9. The normalized spacial score (nSPS) is 22.9. The minimum Gasteiger partial charge on any atom is -0.413 e. The van der Waals surface area contributed by atoms with Crippen LogP contribution in [0.4, 0.5) is 0 Å². The van der Waals surface area contributed by atoms with Gasteiger partial charge in [0.2, 0.25) is 0 Å². The summed E-state index contributed by atoms with van der Waals surface area (Å²) in [7, 11) is -3.90. The summed E-state index contributed by atoms with van der Waals surface area (Å²) >= 11 is 0. The van der Waals surface area contributed by atoms with E-state index >= 15 is 0 Å². The number of unbranched alkanes of at least 4 members (excludes halogenated alkanes) is 1. The molecule has 1 saturated carbocycles. The van der Waals surface area contributed by atoms with Gasteiger partial charge in [0.1, 0.15) is 0 Å². The minimum absolute atomic E-state index is 0.0527. The summed E-state index contributed by atoms with van der Waals surface area (Å²) in [4.78, 5) is 12.6. The highest BCUT2D eigenvalue weighted by Crippen LogP contribution is 2.42. The van der Waals surface area contributed by atoms with Crippen molar-refractivity contribution in [1.82, 2.24) is 0 Å². The molecule has 0 radical (unpaired) electrons. The topological polar surface area (TPSA) is 35.5 Å². The molecule has 0 spiro atoms. The maximum absolute atomic E-state index is 12.6. The minimum atomic E-state index is -1.98. The Morgan fingerprint density at radius 3 is 2.09 bits per heavy atom. The van der Waals surface area contributed by atoms with E-state index in [0.29, 0.717) is 17.9 Å². The average molecular weight is 495 g/mol. The maximum Gasteiger partial charge on any atom is 0.192 e. The first kappa shape index (κ1) is 30.5. The fourth-order valence-electron chi connectivity index (χ4n) is 3.79. The molecule has 5 heteroatoms. The van der Waals surface area contributed by atoms with E-state index in [1.807, 2.05) is 0 Å². The van der Waals surface area contributed by atoms with Crippen molar-refractivity contribution in [1.29, 1.82) is 0 Å². The molecule has 0 N–H and O–H groups in total. The molecule has 4 atom stereocenters. The van der Waals surface area contributed by atoms with Crippen LogP contribution in [0.3, 0.4) is 0 Å². The van der Waals surface area contributed by atoms with Crippen LogP contribution in [-0.4, -0.2) is 34.6 Å². The predicted molar refractivity (Wildman–Crippen MR) is 149 cm³/mol. The molecule has 1 fully saturated rings. The van der Waals surface area contributed by atoms with Crippen molar-refractivity contribution in [3.63, 3.8) is 0 Å². The van der Waals surface area contributed by atoms with E-state index in [-0.39, 0.29) is 34.0 Å². The van der Waals surface area contributed by atoms with Gasteiger partial charge in [-0.2, -0.15) is 0 Å². The maximum atomic E-state index is 12.6. The lowest BCUT2D eigenvalue weighted by atomic mass is 9.95. The van der Waals surface area contributed by atoms with Gasteiger partial charge in [-0.1, -0.05) is 93.4 Å². The quantitative estimate of drug-likeness (QED) is 0.164. The van der Waals surface area contributed by atoms with Crippen molar-refractivity contribution in [3.05, 3.63) is 24.3 Å². The van der Waals surface area contributed by atoms with E-state index in [9.17, 15) is 4.79 Å². The number of Topliss-reactive ketones (excluding diaryl/α,β-unsaturated/α-hetero) is 1. The van der Waals surface area contributed by atoms with Crippen molar-refractivity contribution in [2.75, 3.05) is 0 Å². The molecule has 1 aliphatic rings. The van der Waals surface area contributed by atoms with E-state index in [2.05, 4.69) is 100 Å². The van der Waals surface area contributed by atoms with Gasteiger partial charge in [0, 0.05) is 12.3 Å². The Bertz CT molecular complexity index is 695. The summed E-state index contributed by atoms with van der Waals surface area (Å²) in [5.41, 5.74) is 0.695. The van der Waals surface area contributed by atoms with Crippen LogP contribution >= 0.6 is 0 Å². The molecule has 0 heterocycles. The Hall–Kier alpha value is -0.496. The molecule has 0 amide bonds. The van der Waals surface area contributed by atoms with Gasteiger partial charge in [-0.3, -0.25) is 4.79 Å². The number of carbonyl (C=O) groups is 1. The van der Waals surface area contributed by atoms with Gasteiger partial charge >= 0.3 is 0 Å². The molecule has 0 aromatic heterocycles. The Balaban J connectivity index is 3.15. The highest BCUT2D eigenvalue weighted by molar-refractivity contribution is 6.74. The Labute approximate surface area is 208 Å². The number of hydrogen-bond donors (Lipinski definition) is 0. The first-order valence-corrected chi connectivity index (χ1v) is 18.9. The second kappa shape index (κ2) is 11.5. The lowest BCUT2D eigenvalue weighted by molar-refractivity contribution is -0.115. The van der Waals surface area contributed by atoms with Crippen molar-refractivity contribution in [2.45, 2.75) is 136 Å². The van der Waals surface area contributed by atoms with Crippen molar-refractivity contribution < 1.29 is 13.6 Å². The van der Waals surface area contributed by atoms with Crippen LogP contribution in [0.5, 0.6) is 0 Å². The van der Waals surface area contributed by atoms with Crippen LogP contribution in [0.1, 0.15) is 87.5 Å². The van der Waals surface area contributed by atoms with Crippen molar-refractivity contribution in [3.8, 4) is 0 Å². The number of carbonyl (C=O) groups excluding carboxylic acids is 1. The van der Waals surface area contributed by atoms with E-state index in [0.717, 1.165) is 6.42 Å². The van der Waals surface area contributed by atoms with Crippen LogP contribution in [0.15, 0.2) is 24.3 Å². The molecule has 0 aromatic carbocycles. The molecule has 1 aliphatic carbocycles. The standard InChI is InChI=1S/C28H54O3Si2/c1-14-15-16-21(2)19-23(30-32(10,11)27(4,5)6)17-18-24-22(3)25(29)20-26(24)31-33(12,13)28(7,8)9/h17-18,21,23-24,26H,3,14-16,19-20H2,1-2,4-13H3/b18-17+/t21-,23+,24+,26+/m0/s1. The number of rotatable bonds is 11. The SMILES string of the molecule is C=C1C(=O)C[C@@H](O[Si](C)(C)C(C)(C)C)[C@@H]1/C=C/[C@H](C[C@@H](C)CCCC)O[Si](C)(C)C(C)(C)C. The van der Waals surface area contributed by atoms with Gasteiger partial charge in [-0.25, -0.2) is 0 Å². The molecule has 0 saturated heterocycles. The lowest BCUT2D eigenvalue weighted by Crippen LogP contribution is -2.45. The third-order valence-corrected chi connectivity index (χ3v) is 17.3. The Morgan fingerprint density at radius 2 is 1.61 bits per heavy atom. The van der Waals surface area contributed by atoms with Crippen LogP contribution in [0.2, 0.25) is 36.3 Å². The molecule has 0 aliphatic heterocycles. The molecular weight excluding hydrogens is 440 g/mol. The lowest BCUT2D eigenvalue weighted by Gasteiger charge is -2.40. The highest BCUT2D eigenvalue weighted by atomic mass is 28.4. The smallest absolute Gasteiger partial charge is 0.192 e. The third-order valence-electron chi connectivity index (χ3n) is 8.27. The predicted octanol–water partition coefficient (Wildman–Crippen LogP) is 8.69. The summed E-state index contributed by atoms with van der Waals surface area (Å²) in [5, 5.41) is 0.267. The zero-order chi connectivity index (χ0) is 25.8. The number of hydrogen-bond acceptors (Lipinski definition) is 3. The number of ketones is 1. The third kappa shape index (κ3) is 8.59. The van der Waals surface area contributed by atoms with Gasteiger partial charge in [-0.15, -0.1) is 0 Å². The molecule has 3 nitrogen and oxygen atoms in total. The zero-order valence-electron chi connectivity index (χ0n) is 23.9. The van der Waals surface area contributed by atoms with Crippen LogP contribution < -0.4 is 0 Å². The van der Waals surface area contributed by atoms with E-state index < -0.39 is 16.6 Å². The summed E-state index contributed by atoms with van der Waals surface area (Å²) in [5.74, 6) is 0.701. The molecule has 33 heavy (non-hydrogen) atoms. The van der Waals surface area contributed by atoms with Crippen LogP contribution in [0, 0.1) is 11.8 Å². The van der Waals surface area contributed by atoms with Gasteiger partial charge < -0.3 is 8.85 Å². The van der Waals surface area contributed by atoms with Crippen molar-refractivity contribution >= 4 is 22.4 Å². The van der Waals surface area contributed by atoms with Gasteiger partial charge in [0.25, 0.3) is 0 Å². The highest BCUT2D eigenvalue weighted by Gasteiger charge is 2.45. The molecule has 0 unspecified atom stereocenters. The summed E-state index contributed by atoms with van der Waals surface area (Å²) in [6.45, 7) is 31.5. The zero-order valence-corrected chi connectivity index (χ0v) is 25.9. The molecule has 0 bridgehead atoms. The monoisotopic (exact) mass is 494 g/mol. The second-order valence-electron chi connectivity index (χ2n) is 13.4. The molecule has 1 rings (SSSR count). The van der Waals surface area contributed by atoms with Gasteiger partial charge in [0.15, 0.2) is 22.4 Å². The first-order chi connectivity index (χ1) is 14.8. The average Bonchev–Trinajstić information content (AvgIpc) is 2.88. The van der Waals surface area contributed by atoms with E-state index in [4.69, 9.17) is 8.85 Å². The van der Waals surface area contributed by atoms with Gasteiger partial charge in [-0.05, 0) is 54.2 Å². The molecule has 192 valence electrons. The van der Waals surface area contributed by atoms with Gasteiger partial charge in [0.05, 0.1) is 12.2 Å².